The Hall–Kier alpha value is -2.81. The first-order chi connectivity index (χ1) is 12.9. The van der Waals surface area contributed by atoms with Crippen molar-refractivity contribution in [3.8, 4) is 11.5 Å². The fourth-order valence-electron chi connectivity index (χ4n) is 3.18. The molecule has 0 radical (unpaired) electrons. The van der Waals surface area contributed by atoms with Gasteiger partial charge in [-0.05, 0) is 40.8 Å². The van der Waals surface area contributed by atoms with E-state index in [4.69, 9.17) is 9.47 Å². The van der Waals surface area contributed by atoms with Gasteiger partial charge in [-0.2, -0.15) is 0 Å². The van der Waals surface area contributed by atoms with Crippen LogP contribution < -0.4 is 9.47 Å². The third-order valence-corrected chi connectivity index (χ3v) is 4.59. The summed E-state index contributed by atoms with van der Waals surface area (Å²) in [7, 11) is 0. The first-order valence-corrected chi connectivity index (χ1v) is 9.24. The van der Waals surface area contributed by atoms with Crippen LogP contribution in [-0.4, -0.2) is 19.5 Å². The van der Waals surface area contributed by atoms with E-state index in [2.05, 4.69) is 39.8 Å². The lowest BCUT2D eigenvalue weighted by molar-refractivity contribution is 0.111. The fourth-order valence-corrected chi connectivity index (χ4v) is 3.18. The molecule has 0 unspecified atom stereocenters. The molecule has 0 aromatic heterocycles. The highest BCUT2D eigenvalue weighted by Crippen LogP contribution is 2.32. The van der Waals surface area contributed by atoms with Crippen LogP contribution in [0, 0.1) is 6.92 Å². The molecular weight excluding hydrogens is 336 g/mol. The van der Waals surface area contributed by atoms with E-state index < -0.39 is 0 Å². The van der Waals surface area contributed by atoms with E-state index in [0.29, 0.717) is 24.5 Å². The lowest BCUT2D eigenvalue weighted by Gasteiger charge is -2.23. The molecular formula is C24H26O3. The van der Waals surface area contributed by atoms with E-state index in [1.807, 2.05) is 42.5 Å². The van der Waals surface area contributed by atoms with Gasteiger partial charge < -0.3 is 9.47 Å². The second-order valence-corrected chi connectivity index (χ2v) is 7.76. The smallest absolute Gasteiger partial charge is 0.154 e. The summed E-state index contributed by atoms with van der Waals surface area (Å²) >= 11 is 0. The quantitative estimate of drug-likeness (QED) is 0.416. The monoisotopic (exact) mass is 362 g/mol. The highest BCUT2D eigenvalue weighted by atomic mass is 16.5. The van der Waals surface area contributed by atoms with Crippen molar-refractivity contribution in [1.29, 1.82) is 0 Å². The van der Waals surface area contributed by atoms with Crippen molar-refractivity contribution >= 4 is 17.1 Å². The Balaban J connectivity index is 1.70. The summed E-state index contributed by atoms with van der Waals surface area (Å²) in [6.07, 6.45) is 0.857. The molecule has 0 saturated heterocycles. The van der Waals surface area contributed by atoms with Crippen molar-refractivity contribution in [3.05, 3.63) is 71.3 Å². The Morgan fingerprint density at radius 3 is 2.26 bits per heavy atom. The van der Waals surface area contributed by atoms with Crippen LogP contribution in [0.15, 0.2) is 54.6 Å². The Labute approximate surface area is 160 Å². The molecule has 3 aromatic rings. The summed E-state index contributed by atoms with van der Waals surface area (Å²) < 4.78 is 11.8. The van der Waals surface area contributed by atoms with E-state index in [9.17, 15) is 4.79 Å². The van der Waals surface area contributed by atoms with Gasteiger partial charge in [-0.15, -0.1) is 0 Å². The van der Waals surface area contributed by atoms with E-state index >= 15 is 0 Å². The number of carbonyl (C=O) groups is 1. The number of benzene rings is 3. The van der Waals surface area contributed by atoms with Crippen LogP contribution >= 0.6 is 0 Å². The average molecular weight is 362 g/mol. The van der Waals surface area contributed by atoms with Crippen LogP contribution in [0.1, 0.15) is 42.3 Å². The van der Waals surface area contributed by atoms with Crippen LogP contribution in [0.25, 0.3) is 10.8 Å². The van der Waals surface area contributed by atoms with Crippen molar-refractivity contribution < 1.29 is 14.3 Å². The second kappa shape index (κ2) is 7.83. The summed E-state index contributed by atoms with van der Waals surface area (Å²) in [5.41, 5.74) is 2.99. The zero-order valence-electron chi connectivity index (χ0n) is 16.4. The molecule has 140 valence electrons. The molecule has 0 spiro atoms. The maximum absolute atomic E-state index is 11.6. The lowest BCUT2D eigenvalue weighted by Crippen LogP contribution is -2.16. The molecule has 0 aliphatic rings. The third-order valence-electron chi connectivity index (χ3n) is 4.59. The number of aryl methyl sites for hydroxylation is 1. The number of fused-ring (bicyclic) bond motifs is 1. The van der Waals surface area contributed by atoms with Gasteiger partial charge in [0.05, 0.1) is 5.56 Å². The molecule has 0 heterocycles. The zero-order chi connectivity index (χ0) is 19.4. The van der Waals surface area contributed by atoms with Crippen LogP contribution in [0.5, 0.6) is 11.5 Å². The SMILES string of the molecule is Cc1ccc(OCCOc2ccc3ccccc3c2C=O)c(C(C)(C)C)c1. The first kappa shape index (κ1) is 19.0. The summed E-state index contributed by atoms with van der Waals surface area (Å²) in [5, 5.41) is 1.93. The predicted molar refractivity (Wildman–Crippen MR) is 110 cm³/mol. The molecule has 0 N–H and O–H groups in total. The average Bonchev–Trinajstić information content (AvgIpc) is 2.65. The standard InChI is InChI=1S/C24H26O3/c1-17-9-11-23(21(15-17)24(2,3)4)27-14-13-26-22-12-10-18-7-5-6-8-19(18)20(22)16-25/h5-12,15-16H,13-14H2,1-4H3. The van der Waals surface area contributed by atoms with E-state index in [0.717, 1.165) is 22.8 Å². The van der Waals surface area contributed by atoms with Gasteiger partial charge in [-0.25, -0.2) is 0 Å². The molecule has 0 aliphatic carbocycles. The maximum atomic E-state index is 11.6. The fraction of sp³-hybridized carbons (Fsp3) is 0.292. The van der Waals surface area contributed by atoms with Crippen molar-refractivity contribution in [2.45, 2.75) is 33.1 Å². The molecule has 0 amide bonds. The molecule has 0 aliphatic heterocycles. The van der Waals surface area contributed by atoms with Gasteiger partial charge in [0.15, 0.2) is 6.29 Å². The summed E-state index contributed by atoms with van der Waals surface area (Å²) in [6.45, 7) is 9.40. The topological polar surface area (TPSA) is 35.5 Å². The molecule has 3 rings (SSSR count). The second-order valence-electron chi connectivity index (χ2n) is 7.76. The molecule has 0 saturated carbocycles. The van der Waals surface area contributed by atoms with Gasteiger partial charge in [0.2, 0.25) is 0 Å². The lowest BCUT2D eigenvalue weighted by atomic mass is 9.85. The zero-order valence-corrected chi connectivity index (χ0v) is 16.4. The van der Waals surface area contributed by atoms with Crippen molar-refractivity contribution in [2.24, 2.45) is 0 Å². The van der Waals surface area contributed by atoms with Crippen LogP contribution in [0.4, 0.5) is 0 Å². The molecule has 0 bridgehead atoms. The highest BCUT2D eigenvalue weighted by Gasteiger charge is 2.19. The first-order valence-electron chi connectivity index (χ1n) is 9.24. The van der Waals surface area contributed by atoms with E-state index in [-0.39, 0.29) is 5.41 Å². The number of rotatable bonds is 6. The predicted octanol–water partition coefficient (Wildman–Crippen LogP) is 5.72. The summed E-state index contributed by atoms with van der Waals surface area (Å²) in [5.74, 6) is 1.47. The minimum atomic E-state index is 0.00520. The Kier molecular flexibility index (Phi) is 5.50. The number of ether oxygens (including phenoxy) is 2. The van der Waals surface area contributed by atoms with Crippen molar-refractivity contribution in [1.82, 2.24) is 0 Å². The Bertz CT molecular complexity index is 951. The van der Waals surface area contributed by atoms with Crippen molar-refractivity contribution in [2.75, 3.05) is 13.2 Å². The van der Waals surface area contributed by atoms with Gasteiger partial charge in [0.25, 0.3) is 0 Å². The normalized spacial score (nSPS) is 11.4. The molecule has 3 aromatic carbocycles. The summed E-state index contributed by atoms with van der Waals surface area (Å²) in [6, 6.07) is 17.9. The van der Waals surface area contributed by atoms with Gasteiger partial charge >= 0.3 is 0 Å². The minimum absolute atomic E-state index is 0.00520. The largest absolute Gasteiger partial charge is 0.490 e. The van der Waals surface area contributed by atoms with Crippen molar-refractivity contribution in [3.63, 3.8) is 0 Å². The highest BCUT2D eigenvalue weighted by molar-refractivity contribution is 6.00. The van der Waals surface area contributed by atoms with E-state index in [1.54, 1.807) is 0 Å². The van der Waals surface area contributed by atoms with Crippen LogP contribution in [0.2, 0.25) is 0 Å². The van der Waals surface area contributed by atoms with Crippen LogP contribution in [-0.2, 0) is 5.41 Å². The molecule has 3 heteroatoms. The third kappa shape index (κ3) is 4.30. The Morgan fingerprint density at radius 2 is 1.56 bits per heavy atom. The van der Waals surface area contributed by atoms with Gasteiger partial charge in [0, 0.05) is 0 Å². The van der Waals surface area contributed by atoms with E-state index in [1.165, 1.54) is 11.1 Å². The summed E-state index contributed by atoms with van der Waals surface area (Å²) in [4.78, 5) is 11.6. The Morgan fingerprint density at radius 1 is 0.889 bits per heavy atom. The molecule has 3 nitrogen and oxygen atoms in total. The number of hydrogen-bond donors (Lipinski definition) is 0. The van der Waals surface area contributed by atoms with Gasteiger partial charge in [-0.1, -0.05) is 68.8 Å². The number of hydrogen-bond acceptors (Lipinski definition) is 3. The van der Waals surface area contributed by atoms with Gasteiger partial charge in [0.1, 0.15) is 24.7 Å². The maximum Gasteiger partial charge on any atom is 0.154 e. The molecule has 27 heavy (non-hydrogen) atoms. The minimum Gasteiger partial charge on any atom is -0.490 e. The van der Waals surface area contributed by atoms with Crippen LogP contribution in [0.3, 0.4) is 0 Å². The van der Waals surface area contributed by atoms with Gasteiger partial charge in [-0.3, -0.25) is 4.79 Å². The number of carbonyl (C=O) groups excluding carboxylic acids is 1. The number of aldehydes is 1. The molecule has 0 atom stereocenters. The molecule has 0 fully saturated rings.